The van der Waals surface area contributed by atoms with E-state index in [0.717, 1.165) is 29.8 Å². The summed E-state index contributed by atoms with van der Waals surface area (Å²) >= 11 is 1.63. The van der Waals surface area contributed by atoms with Crippen molar-refractivity contribution in [3.05, 3.63) is 34.9 Å². The lowest BCUT2D eigenvalue weighted by atomic mass is 10.2. The van der Waals surface area contributed by atoms with E-state index in [-0.39, 0.29) is 11.8 Å². The van der Waals surface area contributed by atoms with E-state index in [0.29, 0.717) is 6.54 Å². The molecule has 0 saturated heterocycles. The van der Waals surface area contributed by atoms with Crippen molar-refractivity contribution in [1.29, 1.82) is 0 Å². The van der Waals surface area contributed by atoms with Crippen LogP contribution in [0.1, 0.15) is 18.5 Å². The Balaban J connectivity index is 1.76. The van der Waals surface area contributed by atoms with Crippen molar-refractivity contribution in [3.8, 4) is 11.3 Å². The van der Waals surface area contributed by atoms with Gasteiger partial charge in [-0.05, 0) is 24.3 Å². The zero-order valence-corrected chi connectivity index (χ0v) is 10.6. The van der Waals surface area contributed by atoms with Gasteiger partial charge in [0.05, 0.1) is 17.9 Å². The minimum absolute atomic E-state index is 0.136. The lowest BCUT2D eigenvalue weighted by Gasteiger charge is -2.07. The van der Waals surface area contributed by atoms with E-state index in [1.165, 1.54) is 0 Å². The predicted octanol–water partition coefficient (Wildman–Crippen LogP) is 2.23. The summed E-state index contributed by atoms with van der Waals surface area (Å²) in [5.41, 5.74) is 2.74. The Hall–Kier alpha value is -1.75. The summed E-state index contributed by atoms with van der Waals surface area (Å²) in [5, 5.41) is 6.97. The molecule has 3 rings (SSSR count). The summed E-state index contributed by atoms with van der Waals surface area (Å²) < 4.78 is 0. The third kappa shape index (κ3) is 2.41. The second-order valence-corrected chi connectivity index (χ2v) is 5.14. The Bertz CT molecular complexity index is 549. The Labute approximate surface area is 109 Å². The van der Waals surface area contributed by atoms with Crippen LogP contribution in [0.2, 0.25) is 0 Å². The SMILES string of the molecule is O=C(NCc1nccnc1-c1ccsc1)C1CC1. The van der Waals surface area contributed by atoms with Crippen LogP contribution in [-0.4, -0.2) is 15.9 Å². The maximum absolute atomic E-state index is 11.6. The van der Waals surface area contributed by atoms with E-state index in [1.54, 1.807) is 23.7 Å². The van der Waals surface area contributed by atoms with E-state index in [2.05, 4.69) is 15.3 Å². The van der Waals surface area contributed by atoms with Gasteiger partial charge in [0.2, 0.25) is 5.91 Å². The fourth-order valence-electron chi connectivity index (χ4n) is 1.80. The van der Waals surface area contributed by atoms with Gasteiger partial charge < -0.3 is 5.32 Å². The van der Waals surface area contributed by atoms with Crippen molar-refractivity contribution in [2.75, 3.05) is 0 Å². The van der Waals surface area contributed by atoms with Crippen LogP contribution in [0.15, 0.2) is 29.2 Å². The predicted molar refractivity (Wildman–Crippen MR) is 69.9 cm³/mol. The van der Waals surface area contributed by atoms with Gasteiger partial charge in [-0.1, -0.05) is 0 Å². The fraction of sp³-hybridized carbons (Fsp3) is 0.308. The molecule has 1 aliphatic rings. The molecule has 1 amide bonds. The van der Waals surface area contributed by atoms with Crippen molar-refractivity contribution in [1.82, 2.24) is 15.3 Å². The average molecular weight is 259 g/mol. The summed E-state index contributed by atoms with van der Waals surface area (Å²) in [6.07, 6.45) is 5.38. The standard InChI is InChI=1S/C13H13N3OS/c17-13(9-1-2-9)16-7-11-12(15-5-4-14-11)10-3-6-18-8-10/h3-6,8-9H,1-2,7H2,(H,16,17). The number of carbonyl (C=O) groups is 1. The van der Waals surface area contributed by atoms with E-state index in [4.69, 9.17) is 0 Å². The number of nitrogens with zero attached hydrogens (tertiary/aromatic N) is 2. The number of hydrogen-bond donors (Lipinski definition) is 1. The summed E-state index contributed by atoms with van der Waals surface area (Å²) in [7, 11) is 0. The smallest absolute Gasteiger partial charge is 0.223 e. The minimum atomic E-state index is 0.136. The molecule has 2 aromatic heterocycles. The van der Waals surface area contributed by atoms with Crippen LogP contribution in [0.25, 0.3) is 11.3 Å². The Morgan fingerprint density at radius 2 is 2.22 bits per heavy atom. The van der Waals surface area contributed by atoms with Crippen LogP contribution in [0.5, 0.6) is 0 Å². The molecule has 92 valence electrons. The van der Waals surface area contributed by atoms with Crippen LogP contribution in [0.3, 0.4) is 0 Å². The zero-order valence-electron chi connectivity index (χ0n) is 9.80. The van der Waals surface area contributed by atoms with E-state index < -0.39 is 0 Å². The molecule has 1 N–H and O–H groups in total. The maximum Gasteiger partial charge on any atom is 0.223 e. The highest BCUT2D eigenvalue weighted by molar-refractivity contribution is 7.08. The largest absolute Gasteiger partial charge is 0.350 e. The van der Waals surface area contributed by atoms with E-state index in [1.807, 2.05) is 16.8 Å². The number of hydrogen-bond acceptors (Lipinski definition) is 4. The van der Waals surface area contributed by atoms with Crippen molar-refractivity contribution in [2.24, 2.45) is 5.92 Å². The molecule has 0 spiro atoms. The van der Waals surface area contributed by atoms with Gasteiger partial charge in [0.15, 0.2) is 0 Å². The number of aromatic nitrogens is 2. The highest BCUT2D eigenvalue weighted by Gasteiger charge is 2.29. The Morgan fingerprint density at radius 1 is 1.39 bits per heavy atom. The quantitative estimate of drug-likeness (QED) is 0.916. The molecular formula is C13H13N3OS. The molecular weight excluding hydrogens is 246 g/mol. The summed E-state index contributed by atoms with van der Waals surface area (Å²) in [5.74, 6) is 0.364. The monoisotopic (exact) mass is 259 g/mol. The van der Waals surface area contributed by atoms with Crippen molar-refractivity contribution >= 4 is 17.2 Å². The molecule has 1 saturated carbocycles. The van der Waals surface area contributed by atoms with Crippen LogP contribution in [0.4, 0.5) is 0 Å². The first kappa shape index (κ1) is 11.3. The second kappa shape index (κ2) is 4.86. The first-order chi connectivity index (χ1) is 8.84. The van der Waals surface area contributed by atoms with Gasteiger partial charge in [0, 0.05) is 29.3 Å². The van der Waals surface area contributed by atoms with E-state index in [9.17, 15) is 4.79 Å². The molecule has 0 aromatic carbocycles. The van der Waals surface area contributed by atoms with Gasteiger partial charge in [-0.15, -0.1) is 0 Å². The highest BCUT2D eigenvalue weighted by atomic mass is 32.1. The number of thiophene rings is 1. The second-order valence-electron chi connectivity index (χ2n) is 4.36. The van der Waals surface area contributed by atoms with Crippen molar-refractivity contribution in [3.63, 3.8) is 0 Å². The summed E-state index contributed by atoms with van der Waals surface area (Å²) in [6, 6.07) is 2.01. The third-order valence-electron chi connectivity index (χ3n) is 2.95. The molecule has 1 aliphatic carbocycles. The van der Waals surface area contributed by atoms with Gasteiger partial charge in [-0.3, -0.25) is 14.8 Å². The lowest BCUT2D eigenvalue weighted by molar-refractivity contribution is -0.122. The molecule has 1 fully saturated rings. The molecule has 0 aliphatic heterocycles. The van der Waals surface area contributed by atoms with Crippen molar-refractivity contribution < 1.29 is 4.79 Å². The number of nitrogens with one attached hydrogen (secondary N) is 1. The lowest BCUT2D eigenvalue weighted by Crippen LogP contribution is -2.25. The molecule has 2 aromatic rings. The molecule has 18 heavy (non-hydrogen) atoms. The van der Waals surface area contributed by atoms with Gasteiger partial charge >= 0.3 is 0 Å². The van der Waals surface area contributed by atoms with Crippen LogP contribution in [0, 0.1) is 5.92 Å². The summed E-state index contributed by atoms with van der Waals surface area (Å²) in [6.45, 7) is 0.453. The molecule has 0 radical (unpaired) electrons. The number of rotatable bonds is 4. The maximum atomic E-state index is 11.6. The normalized spacial score (nSPS) is 14.4. The van der Waals surface area contributed by atoms with Gasteiger partial charge in [-0.2, -0.15) is 11.3 Å². The molecule has 0 bridgehead atoms. The van der Waals surface area contributed by atoms with Gasteiger partial charge in [0.25, 0.3) is 0 Å². The van der Waals surface area contributed by atoms with Crippen LogP contribution >= 0.6 is 11.3 Å². The zero-order chi connectivity index (χ0) is 12.4. The molecule has 2 heterocycles. The Morgan fingerprint density at radius 3 is 2.94 bits per heavy atom. The van der Waals surface area contributed by atoms with Crippen LogP contribution in [-0.2, 0) is 11.3 Å². The Kier molecular flexibility index (Phi) is 3.06. The molecule has 0 unspecified atom stereocenters. The highest BCUT2D eigenvalue weighted by Crippen LogP contribution is 2.29. The van der Waals surface area contributed by atoms with Crippen LogP contribution < -0.4 is 5.32 Å². The minimum Gasteiger partial charge on any atom is -0.350 e. The average Bonchev–Trinajstić information content (AvgIpc) is 3.12. The van der Waals surface area contributed by atoms with Gasteiger partial charge in [-0.25, -0.2) is 0 Å². The first-order valence-electron chi connectivity index (χ1n) is 5.95. The third-order valence-corrected chi connectivity index (χ3v) is 3.63. The molecule has 0 atom stereocenters. The molecule has 4 nitrogen and oxygen atoms in total. The van der Waals surface area contributed by atoms with Gasteiger partial charge in [0.1, 0.15) is 0 Å². The number of carbonyl (C=O) groups excluding carboxylic acids is 1. The van der Waals surface area contributed by atoms with Crippen molar-refractivity contribution in [2.45, 2.75) is 19.4 Å². The molecule has 5 heteroatoms. The fourth-order valence-corrected chi connectivity index (χ4v) is 2.44. The van der Waals surface area contributed by atoms with E-state index >= 15 is 0 Å². The summed E-state index contributed by atoms with van der Waals surface area (Å²) in [4.78, 5) is 20.3. The first-order valence-corrected chi connectivity index (χ1v) is 6.89. The topological polar surface area (TPSA) is 54.9 Å². The number of amides is 1.